The molecule has 0 atom stereocenters. The Bertz CT molecular complexity index is 593. The van der Waals surface area contributed by atoms with Crippen LogP contribution < -0.4 is 0 Å². The first kappa shape index (κ1) is 17.5. The minimum atomic E-state index is -0.207. The van der Waals surface area contributed by atoms with Crippen molar-refractivity contribution in [1.82, 2.24) is 0 Å². The number of carbonyl (C=O) groups excluding carboxylic acids is 1. The fraction of sp³-hybridized carbons (Fsp3) is 0.526. The number of ketones is 1. The molecule has 0 heterocycles. The van der Waals surface area contributed by atoms with Gasteiger partial charge in [0.25, 0.3) is 0 Å². The van der Waals surface area contributed by atoms with E-state index in [9.17, 15) is 9.90 Å². The van der Waals surface area contributed by atoms with Gasteiger partial charge >= 0.3 is 0 Å². The summed E-state index contributed by atoms with van der Waals surface area (Å²) in [5.74, 6) is 0.302. The van der Waals surface area contributed by atoms with Crippen LogP contribution in [-0.2, 0) is 15.6 Å². The molecule has 0 aliphatic rings. The normalized spacial score (nSPS) is 12.4. The zero-order valence-electron chi connectivity index (χ0n) is 14.6. The molecule has 21 heavy (non-hydrogen) atoms. The van der Waals surface area contributed by atoms with Crippen LogP contribution in [0.4, 0.5) is 0 Å². The van der Waals surface area contributed by atoms with Gasteiger partial charge in [0.15, 0.2) is 5.78 Å². The number of hydrogen-bond acceptors (Lipinski definition) is 2. The summed E-state index contributed by atoms with van der Waals surface area (Å²) in [4.78, 5) is 11.7. The third-order valence-electron chi connectivity index (χ3n) is 3.87. The number of Topliss-reactive ketones (excluding diaryl/α,β-unsaturated/α-hetero) is 1. The molecule has 1 aromatic carbocycles. The molecule has 2 nitrogen and oxygen atoms in total. The minimum absolute atomic E-state index is 0.0384. The van der Waals surface area contributed by atoms with Crippen molar-refractivity contribution in [2.45, 2.75) is 66.2 Å². The third kappa shape index (κ3) is 3.37. The molecule has 1 aromatic rings. The van der Waals surface area contributed by atoms with E-state index in [1.165, 1.54) is 6.92 Å². The molecular formula is C19H28O2. The van der Waals surface area contributed by atoms with Crippen molar-refractivity contribution < 1.29 is 9.90 Å². The molecule has 0 aliphatic carbocycles. The van der Waals surface area contributed by atoms with E-state index in [1.807, 2.05) is 13.0 Å². The first-order valence-corrected chi connectivity index (χ1v) is 7.36. The molecule has 0 saturated carbocycles. The zero-order valence-corrected chi connectivity index (χ0v) is 14.6. The van der Waals surface area contributed by atoms with Crippen molar-refractivity contribution in [2.75, 3.05) is 0 Å². The Morgan fingerprint density at radius 2 is 1.57 bits per heavy atom. The molecule has 0 unspecified atom stereocenters. The van der Waals surface area contributed by atoms with Crippen molar-refractivity contribution in [3.8, 4) is 5.75 Å². The van der Waals surface area contributed by atoms with Gasteiger partial charge in [-0.05, 0) is 41.9 Å². The number of phenolic OH excluding ortho intramolecular Hbond substituents is 1. The van der Waals surface area contributed by atoms with Crippen LogP contribution in [0.2, 0.25) is 0 Å². The fourth-order valence-electron chi connectivity index (χ4n) is 2.76. The standard InChI is InChI=1S/C19H28O2/c1-11(13(3)20)14-10-15(18(4,5)6)17(21)16(12(14)2)19(7,8)9/h10,21H,1H2,2-9H3. The molecule has 0 bridgehead atoms. The average Bonchev–Trinajstić information content (AvgIpc) is 2.24. The second kappa shape index (κ2) is 5.32. The Kier molecular flexibility index (Phi) is 4.43. The van der Waals surface area contributed by atoms with Crippen LogP contribution in [0.25, 0.3) is 5.57 Å². The number of aromatic hydroxyl groups is 1. The quantitative estimate of drug-likeness (QED) is 0.786. The molecule has 0 aromatic heterocycles. The topological polar surface area (TPSA) is 37.3 Å². The summed E-state index contributed by atoms with van der Waals surface area (Å²) in [6.07, 6.45) is 0. The van der Waals surface area contributed by atoms with Gasteiger partial charge in [0.2, 0.25) is 0 Å². The van der Waals surface area contributed by atoms with Crippen molar-refractivity contribution in [2.24, 2.45) is 0 Å². The van der Waals surface area contributed by atoms with E-state index >= 15 is 0 Å². The summed E-state index contributed by atoms with van der Waals surface area (Å²) in [7, 11) is 0. The average molecular weight is 288 g/mol. The first-order valence-electron chi connectivity index (χ1n) is 7.36. The molecule has 0 saturated heterocycles. The summed E-state index contributed by atoms with van der Waals surface area (Å²) in [6.45, 7) is 19.8. The first-order chi connectivity index (χ1) is 9.28. The minimum Gasteiger partial charge on any atom is -0.507 e. The lowest BCUT2D eigenvalue weighted by Gasteiger charge is -2.30. The second-order valence-electron chi connectivity index (χ2n) is 7.86. The van der Waals surface area contributed by atoms with Crippen LogP contribution >= 0.6 is 0 Å². The van der Waals surface area contributed by atoms with Gasteiger partial charge in [0.1, 0.15) is 5.75 Å². The van der Waals surface area contributed by atoms with Crippen molar-refractivity contribution in [3.63, 3.8) is 0 Å². The smallest absolute Gasteiger partial charge is 0.159 e. The molecular weight excluding hydrogens is 260 g/mol. The lowest BCUT2D eigenvalue weighted by atomic mass is 9.75. The molecule has 2 heteroatoms. The van der Waals surface area contributed by atoms with Gasteiger partial charge in [-0.3, -0.25) is 4.79 Å². The van der Waals surface area contributed by atoms with E-state index in [1.54, 1.807) is 0 Å². The molecule has 0 aliphatic heterocycles. The number of hydrogen-bond donors (Lipinski definition) is 1. The Balaban J connectivity index is 3.86. The molecule has 0 fully saturated rings. The number of benzene rings is 1. The number of rotatable bonds is 2. The third-order valence-corrected chi connectivity index (χ3v) is 3.87. The molecule has 116 valence electrons. The van der Waals surface area contributed by atoms with E-state index in [2.05, 4.69) is 48.1 Å². The highest BCUT2D eigenvalue weighted by atomic mass is 16.3. The van der Waals surface area contributed by atoms with E-state index in [4.69, 9.17) is 0 Å². The Morgan fingerprint density at radius 3 is 1.90 bits per heavy atom. The molecule has 0 radical (unpaired) electrons. The Labute approximate surface area is 128 Å². The lowest BCUT2D eigenvalue weighted by Crippen LogP contribution is -2.20. The summed E-state index contributed by atoms with van der Waals surface area (Å²) in [5, 5.41) is 10.8. The van der Waals surface area contributed by atoms with E-state index in [-0.39, 0.29) is 16.6 Å². The maximum Gasteiger partial charge on any atom is 0.159 e. The van der Waals surface area contributed by atoms with Gasteiger partial charge in [-0.25, -0.2) is 0 Å². The summed E-state index contributed by atoms with van der Waals surface area (Å²) >= 11 is 0. The van der Waals surface area contributed by atoms with Crippen LogP contribution in [0.1, 0.15) is 70.7 Å². The lowest BCUT2D eigenvalue weighted by molar-refractivity contribution is -0.111. The molecule has 0 amide bonds. The van der Waals surface area contributed by atoms with Crippen LogP contribution in [0.5, 0.6) is 5.75 Å². The summed E-state index contributed by atoms with van der Waals surface area (Å²) in [5.41, 5.74) is 3.62. The van der Waals surface area contributed by atoms with E-state index in [0.717, 1.165) is 22.3 Å². The van der Waals surface area contributed by atoms with Crippen LogP contribution in [0, 0.1) is 6.92 Å². The monoisotopic (exact) mass is 288 g/mol. The molecule has 1 N–H and O–H groups in total. The Morgan fingerprint density at radius 1 is 1.10 bits per heavy atom. The van der Waals surface area contributed by atoms with Crippen molar-refractivity contribution in [3.05, 3.63) is 34.9 Å². The Hall–Kier alpha value is -1.57. The largest absolute Gasteiger partial charge is 0.507 e. The predicted molar refractivity (Wildman–Crippen MR) is 90.0 cm³/mol. The number of phenols is 1. The van der Waals surface area contributed by atoms with Gasteiger partial charge in [-0.1, -0.05) is 48.1 Å². The highest BCUT2D eigenvalue weighted by Gasteiger charge is 2.29. The molecule has 1 rings (SSSR count). The molecule has 0 spiro atoms. The second-order valence-corrected chi connectivity index (χ2v) is 7.86. The van der Waals surface area contributed by atoms with Gasteiger partial charge in [-0.2, -0.15) is 0 Å². The number of allylic oxidation sites excluding steroid dienone is 1. The summed E-state index contributed by atoms with van der Waals surface area (Å²) in [6, 6.07) is 1.92. The van der Waals surface area contributed by atoms with E-state index < -0.39 is 0 Å². The van der Waals surface area contributed by atoms with Crippen LogP contribution in [0.15, 0.2) is 12.6 Å². The summed E-state index contributed by atoms with van der Waals surface area (Å²) < 4.78 is 0. The highest BCUT2D eigenvalue weighted by Crippen LogP contribution is 2.43. The highest BCUT2D eigenvalue weighted by molar-refractivity contribution is 6.19. The van der Waals surface area contributed by atoms with Crippen LogP contribution in [0.3, 0.4) is 0 Å². The van der Waals surface area contributed by atoms with Crippen LogP contribution in [-0.4, -0.2) is 10.9 Å². The van der Waals surface area contributed by atoms with Gasteiger partial charge < -0.3 is 5.11 Å². The number of carbonyl (C=O) groups is 1. The van der Waals surface area contributed by atoms with Crippen molar-refractivity contribution in [1.29, 1.82) is 0 Å². The van der Waals surface area contributed by atoms with Crippen molar-refractivity contribution >= 4 is 11.4 Å². The van der Waals surface area contributed by atoms with Gasteiger partial charge in [0.05, 0.1) is 0 Å². The maximum absolute atomic E-state index is 11.7. The SMILES string of the molecule is C=C(C(C)=O)c1cc(C(C)(C)C)c(O)c(C(C)(C)C)c1C. The maximum atomic E-state index is 11.7. The predicted octanol–water partition coefficient (Wildman–Crippen LogP) is 4.90. The van der Waals surface area contributed by atoms with E-state index in [0.29, 0.717) is 11.3 Å². The zero-order chi connectivity index (χ0) is 16.7. The van der Waals surface area contributed by atoms with Gasteiger partial charge in [-0.15, -0.1) is 0 Å². The fourth-order valence-corrected chi connectivity index (χ4v) is 2.76. The van der Waals surface area contributed by atoms with Gasteiger partial charge in [0, 0.05) is 16.7 Å².